The van der Waals surface area contributed by atoms with Gasteiger partial charge in [0.25, 0.3) is 5.91 Å². The zero-order valence-electron chi connectivity index (χ0n) is 13.1. The molecule has 1 aliphatic rings. The largest absolute Gasteiger partial charge is 0.300 e. The summed E-state index contributed by atoms with van der Waals surface area (Å²) in [6.07, 6.45) is 1.69. The maximum atomic E-state index is 12.2. The highest BCUT2D eigenvalue weighted by molar-refractivity contribution is 8.18. The Hall–Kier alpha value is -1.75. The van der Waals surface area contributed by atoms with Crippen molar-refractivity contribution in [2.75, 3.05) is 0 Å². The van der Waals surface area contributed by atoms with Gasteiger partial charge in [-0.2, -0.15) is 0 Å². The summed E-state index contributed by atoms with van der Waals surface area (Å²) in [5.41, 5.74) is 3.70. The van der Waals surface area contributed by atoms with E-state index in [9.17, 15) is 4.79 Å². The van der Waals surface area contributed by atoms with Crippen molar-refractivity contribution < 1.29 is 4.79 Å². The number of nitrogens with one attached hydrogen (secondary N) is 1. The number of amidine groups is 1. The lowest BCUT2D eigenvalue weighted by molar-refractivity contribution is -0.115. The van der Waals surface area contributed by atoms with E-state index in [4.69, 9.17) is 23.2 Å². The van der Waals surface area contributed by atoms with Gasteiger partial charge in [-0.1, -0.05) is 47.0 Å². The van der Waals surface area contributed by atoms with E-state index in [0.717, 1.165) is 11.3 Å². The van der Waals surface area contributed by atoms with Gasteiger partial charge in [0, 0.05) is 15.6 Å². The first-order valence-corrected chi connectivity index (χ1v) is 8.82. The van der Waals surface area contributed by atoms with Crippen LogP contribution < -0.4 is 5.32 Å². The zero-order valence-corrected chi connectivity index (χ0v) is 15.4. The van der Waals surface area contributed by atoms with E-state index in [1.54, 1.807) is 24.3 Å². The molecule has 2 aromatic carbocycles. The van der Waals surface area contributed by atoms with Crippen LogP contribution in [0.4, 0.5) is 5.69 Å². The lowest BCUT2D eigenvalue weighted by Crippen LogP contribution is -2.19. The maximum Gasteiger partial charge on any atom is 0.264 e. The molecule has 1 aliphatic heterocycles. The molecule has 3 nitrogen and oxygen atoms in total. The topological polar surface area (TPSA) is 41.5 Å². The molecule has 24 heavy (non-hydrogen) atoms. The third-order valence-corrected chi connectivity index (χ3v) is 5.07. The number of rotatable bonds is 2. The van der Waals surface area contributed by atoms with Gasteiger partial charge in [-0.25, -0.2) is 4.99 Å². The van der Waals surface area contributed by atoms with Crippen molar-refractivity contribution in [1.29, 1.82) is 0 Å². The van der Waals surface area contributed by atoms with Crippen molar-refractivity contribution in [3.05, 3.63) is 68.0 Å². The summed E-state index contributed by atoms with van der Waals surface area (Å²) in [6, 6.07) is 11.2. The number of nitrogens with zero attached hydrogens (tertiary/aromatic N) is 1. The van der Waals surface area contributed by atoms with Crippen LogP contribution >= 0.6 is 35.0 Å². The van der Waals surface area contributed by atoms with Crippen LogP contribution in [-0.4, -0.2) is 11.1 Å². The Kier molecular flexibility index (Phi) is 4.99. The van der Waals surface area contributed by atoms with E-state index in [2.05, 4.69) is 16.4 Å². The molecule has 0 saturated carbocycles. The van der Waals surface area contributed by atoms with Gasteiger partial charge < -0.3 is 5.32 Å². The quantitative estimate of drug-likeness (QED) is 0.702. The molecule has 0 radical (unpaired) electrons. The molecule has 1 heterocycles. The van der Waals surface area contributed by atoms with Crippen molar-refractivity contribution in [3.8, 4) is 0 Å². The first kappa shape index (κ1) is 17.1. The molecule has 1 fully saturated rings. The molecule has 1 saturated heterocycles. The number of aryl methyl sites for hydroxylation is 2. The number of amides is 1. The average molecular weight is 377 g/mol. The fourth-order valence-electron chi connectivity index (χ4n) is 2.30. The molecule has 3 rings (SSSR count). The second-order valence-electron chi connectivity index (χ2n) is 5.41. The third kappa shape index (κ3) is 3.66. The van der Waals surface area contributed by atoms with Gasteiger partial charge in [-0.3, -0.25) is 4.79 Å². The number of carbonyl (C=O) groups is 1. The van der Waals surface area contributed by atoms with Gasteiger partial charge in [0.15, 0.2) is 5.17 Å². The third-order valence-electron chi connectivity index (χ3n) is 3.50. The summed E-state index contributed by atoms with van der Waals surface area (Å²) in [4.78, 5) is 17.2. The molecular formula is C18H14Cl2N2OS. The van der Waals surface area contributed by atoms with Crippen molar-refractivity contribution in [1.82, 2.24) is 5.32 Å². The number of hydrogen-bond acceptors (Lipinski definition) is 3. The lowest BCUT2D eigenvalue weighted by atomic mass is 10.1. The minimum atomic E-state index is -0.209. The van der Waals surface area contributed by atoms with Gasteiger partial charge in [0.2, 0.25) is 0 Å². The summed E-state index contributed by atoms with van der Waals surface area (Å²) in [7, 11) is 0. The Morgan fingerprint density at radius 1 is 1.12 bits per heavy atom. The highest BCUT2D eigenvalue weighted by Gasteiger charge is 2.24. The van der Waals surface area contributed by atoms with Crippen LogP contribution in [-0.2, 0) is 4.79 Å². The van der Waals surface area contributed by atoms with E-state index >= 15 is 0 Å². The number of thioether (sulfide) groups is 1. The number of carbonyl (C=O) groups excluding carboxylic acids is 1. The van der Waals surface area contributed by atoms with Crippen molar-refractivity contribution in [2.24, 2.45) is 4.99 Å². The van der Waals surface area contributed by atoms with Crippen molar-refractivity contribution in [2.45, 2.75) is 13.8 Å². The summed E-state index contributed by atoms with van der Waals surface area (Å²) < 4.78 is 0. The van der Waals surface area contributed by atoms with E-state index < -0.39 is 0 Å². The summed E-state index contributed by atoms with van der Waals surface area (Å²) in [5.74, 6) is -0.209. The number of hydrogen-bond donors (Lipinski definition) is 1. The first-order valence-electron chi connectivity index (χ1n) is 7.25. The normalized spacial score (nSPS) is 17.6. The molecule has 0 bridgehead atoms. The first-order chi connectivity index (χ1) is 11.4. The van der Waals surface area contributed by atoms with Crippen LogP contribution in [0.5, 0.6) is 0 Å². The van der Waals surface area contributed by atoms with Crippen LogP contribution in [0, 0.1) is 13.8 Å². The van der Waals surface area contributed by atoms with Gasteiger partial charge in [-0.05, 0) is 55.4 Å². The summed E-state index contributed by atoms with van der Waals surface area (Å²) in [6.45, 7) is 4.03. The van der Waals surface area contributed by atoms with Crippen LogP contribution in [0.1, 0.15) is 16.7 Å². The molecule has 0 aromatic heterocycles. The lowest BCUT2D eigenvalue weighted by Gasteiger charge is -2.02. The zero-order chi connectivity index (χ0) is 17.3. The second-order valence-corrected chi connectivity index (χ2v) is 7.25. The average Bonchev–Trinajstić information content (AvgIpc) is 2.86. The standard InChI is InChI=1S/C18H14Cl2N2OS/c1-10-6-7-15(11(2)8-10)21-18-22-17(23)16(24-18)9-12-13(19)4-3-5-14(12)20/h3-9H,1-2H3,(H,21,22,23). The predicted octanol–water partition coefficient (Wildman–Crippen LogP) is 5.50. The Labute approximate surface area is 154 Å². The monoisotopic (exact) mass is 376 g/mol. The Balaban J connectivity index is 1.91. The molecule has 0 aliphatic carbocycles. The Morgan fingerprint density at radius 2 is 1.83 bits per heavy atom. The van der Waals surface area contributed by atoms with Gasteiger partial charge in [0.1, 0.15) is 0 Å². The van der Waals surface area contributed by atoms with E-state index in [1.807, 2.05) is 26.0 Å². The fraction of sp³-hybridized carbons (Fsp3) is 0.111. The predicted molar refractivity (Wildman–Crippen MR) is 103 cm³/mol. The summed E-state index contributed by atoms with van der Waals surface area (Å²) >= 11 is 13.6. The highest BCUT2D eigenvalue weighted by atomic mass is 35.5. The van der Waals surface area contributed by atoms with E-state index in [-0.39, 0.29) is 5.91 Å². The molecule has 0 spiro atoms. The van der Waals surface area contributed by atoms with Gasteiger partial charge in [0.05, 0.1) is 10.6 Å². The highest BCUT2D eigenvalue weighted by Crippen LogP contribution is 2.33. The smallest absolute Gasteiger partial charge is 0.264 e. The van der Waals surface area contributed by atoms with Crippen LogP contribution in [0.3, 0.4) is 0 Å². The Morgan fingerprint density at radius 3 is 2.50 bits per heavy atom. The Bertz CT molecular complexity index is 870. The molecular weight excluding hydrogens is 363 g/mol. The number of benzene rings is 2. The molecule has 2 aromatic rings. The maximum absolute atomic E-state index is 12.2. The van der Waals surface area contributed by atoms with E-state index in [0.29, 0.717) is 25.7 Å². The number of halogens is 2. The molecule has 0 atom stereocenters. The summed E-state index contributed by atoms with van der Waals surface area (Å²) in [5, 5.41) is 4.32. The minimum absolute atomic E-state index is 0.209. The molecule has 122 valence electrons. The molecule has 1 N–H and O–H groups in total. The molecule has 1 amide bonds. The van der Waals surface area contributed by atoms with E-state index in [1.165, 1.54) is 17.3 Å². The van der Waals surface area contributed by atoms with Crippen molar-refractivity contribution in [3.63, 3.8) is 0 Å². The molecule has 6 heteroatoms. The van der Waals surface area contributed by atoms with Crippen LogP contribution in [0.25, 0.3) is 6.08 Å². The second kappa shape index (κ2) is 7.01. The van der Waals surface area contributed by atoms with Crippen LogP contribution in [0.2, 0.25) is 10.0 Å². The SMILES string of the molecule is Cc1ccc(N=C2NC(=O)C(=Cc3c(Cl)cccc3Cl)S2)c(C)c1. The van der Waals surface area contributed by atoms with Gasteiger partial charge >= 0.3 is 0 Å². The number of aliphatic imine (C=N–C) groups is 1. The minimum Gasteiger partial charge on any atom is -0.300 e. The van der Waals surface area contributed by atoms with Crippen LogP contribution in [0.15, 0.2) is 46.3 Å². The molecule has 0 unspecified atom stereocenters. The van der Waals surface area contributed by atoms with Gasteiger partial charge in [-0.15, -0.1) is 0 Å². The fourth-order valence-corrected chi connectivity index (χ4v) is 3.62. The van der Waals surface area contributed by atoms with Crippen molar-refractivity contribution >= 4 is 57.8 Å².